The number of carbonyl (C=O) groups excluding carboxylic acids is 1. The summed E-state index contributed by atoms with van der Waals surface area (Å²) < 4.78 is 5.20. The second kappa shape index (κ2) is 6.99. The van der Waals surface area contributed by atoms with Crippen LogP contribution in [0.5, 0.6) is 0 Å². The molecule has 4 N–H and O–H groups in total. The van der Waals surface area contributed by atoms with Gasteiger partial charge in [-0.2, -0.15) is 0 Å². The predicted octanol–water partition coefficient (Wildman–Crippen LogP) is 1.71. The van der Waals surface area contributed by atoms with E-state index in [0.29, 0.717) is 23.8 Å². The van der Waals surface area contributed by atoms with Crippen LogP contribution in [-0.2, 0) is 4.74 Å². The molecule has 1 atom stereocenters. The molecule has 0 aromatic heterocycles. The number of nitrogens with one attached hydrogen (secondary N) is 2. The molecule has 0 saturated heterocycles. The summed E-state index contributed by atoms with van der Waals surface area (Å²) in [5.74, 6) is 0.237. The van der Waals surface area contributed by atoms with Crippen molar-refractivity contribution in [1.29, 1.82) is 0 Å². The van der Waals surface area contributed by atoms with Crippen molar-refractivity contribution in [2.75, 3.05) is 31.8 Å². The van der Waals surface area contributed by atoms with Crippen LogP contribution in [0, 0.1) is 5.92 Å². The minimum absolute atomic E-state index is 0.121. The van der Waals surface area contributed by atoms with Crippen LogP contribution in [0.3, 0.4) is 0 Å². The van der Waals surface area contributed by atoms with Crippen LogP contribution >= 0.6 is 0 Å². The van der Waals surface area contributed by atoms with Crippen molar-refractivity contribution in [3.63, 3.8) is 0 Å². The molecule has 1 rings (SSSR count). The number of hydrogen-bond acceptors (Lipinski definition) is 4. The average molecular weight is 265 g/mol. The predicted molar refractivity (Wildman–Crippen MR) is 78.4 cm³/mol. The van der Waals surface area contributed by atoms with E-state index in [1.54, 1.807) is 32.4 Å². The van der Waals surface area contributed by atoms with Gasteiger partial charge in [0.1, 0.15) is 0 Å². The molecule has 0 aliphatic carbocycles. The first kappa shape index (κ1) is 15.3. The van der Waals surface area contributed by atoms with Crippen LogP contribution in [0.1, 0.15) is 24.2 Å². The Morgan fingerprint density at radius 1 is 1.42 bits per heavy atom. The lowest BCUT2D eigenvalue weighted by Gasteiger charge is -2.24. The number of methoxy groups -OCH3 is 1. The van der Waals surface area contributed by atoms with Crippen LogP contribution in [0.4, 0.5) is 11.4 Å². The van der Waals surface area contributed by atoms with E-state index in [-0.39, 0.29) is 11.9 Å². The molecule has 1 aromatic carbocycles. The van der Waals surface area contributed by atoms with Gasteiger partial charge in [-0.1, -0.05) is 13.8 Å². The highest BCUT2D eigenvalue weighted by Gasteiger charge is 2.17. The molecule has 0 aliphatic rings. The molecule has 19 heavy (non-hydrogen) atoms. The standard InChI is InChI=1S/C14H23N3O2/c1-9(2)13(8-19-4)17-12-7-10(15)5-6-11(12)14(18)16-3/h5-7,9,13,17H,8,15H2,1-4H3,(H,16,18). The third kappa shape index (κ3) is 4.13. The van der Waals surface area contributed by atoms with Gasteiger partial charge >= 0.3 is 0 Å². The quantitative estimate of drug-likeness (QED) is 0.684. The summed E-state index contributed by atoms with van der Waals surface area (Å²) in [6.45, 7) is 4.77. The van der Waals surface area contributed by atoms with Crippen molar-refractivity contribution < 1.29 is 9.53 Å². The zero-order chi connectivity index (χ0) is 14.4. The van der Waals surface area contributed by atoms with Crippen molar-refractivity contribution in [2.24, 2.45) is 5.92 Å². The Morgan fingerprint density at radius 3 is 2.63 bits per heavy atom. The summed E-state index contributed by atoms with van der Waals surface area (Å²) in [5, 5.41) is 5.96. The van der Waals surface area contributed by atoms with Crippen molar-refractivity contribution in [1.82, 2.24) is 5.32 Å². The molecule has 106 valence electrons. The first-order chi connectivity index (χ1) is 8.99. The molecule has 0 bridgehead atoms. The number of anilines is 2. The third-order valence-corrected chi connectivity index (χ3v) is 3.01. The van der Waals surface area contributed by atoms with E-state index >= 15 is 0 Å². The molecule has 0 fully saturated rings. The largest absolute Gasteiger partial charge is 0.399 e. The van der Waals surface area contributed by atoms with E-state index in [2.05, 4.69) is 24.5 Å². The maximum absolute atomic E-state index is 11.8. The van der Waals surface area contributed by atoms with Gasteiger partial charge in [-0.05, 0) is 24.1 Å². The Hall–Kier alpha value is -1.75. The molecular formula is C14H23N3O2. The van der Waals surface area contributed by atoms with Gasteiger partial charge in [0.2, 0.25) is 0 Å². The summed E-state index contributed by atoms with van der Waals surface area (Å²) >= 11 is 0. The van der Waals surface area contributed by atoms with Crippen LogP contribution in [-0.4, -0.2) is 32.7 Å². The number of nitrogens with two attached hydrogens (primary N) is 1. The van der Waals surface area contributed by atoms with Crippen LogP contribution in [0.2, 0.25) is 0 Å². The number of rotatable bonds is 6. The summed E-state index contributed by atoms with van der Waals surface area (Å²) in [6, 6.07) is 5.34. The second-order valence-electron chi connectivity index (χ2n) is 4.83. The first-order valence-electron chi connectivity index (χ1n) is 6.36. The number of nitrogen functional groups attached to an aromatic ring is 1. The molecule has 0 saturated carbocycles. The lowest BCUT2D eigenvalue weighted by atomic mass is 10.0. The molecule has 1 unspecified atom stereocenters. The fraction of sp³-hybridized carbons (Fsp3) is 0.500. The molecule has 5 heteroatoms. The number of hydrogen-bond donors (Lipinski definition) is 3. The molecule has 0 aliphatic heterocycles. The maximum atomic E-state index is 11.8. The number of carbonyl (C=O) groups is 1. The van der Waals surface area contributed by atoms with E-state index in [1.165, 1.54) is 0 Å². The fourth-order valence-corrected chi connectivity index (χ4v) is 1.79. The van der Waals surface area contributed by atoms with Gasteiger partial charge in [0.15, 0.2) is 0 Å². The van der Waals surface area contributed by atoms with Crippen molar-refractivity contribution in [3.05, 3.63) is 23.8 Å². The highest BCUT2D eigenvalue weighted by atomic mass is 16.5. The summed E-state index contributed by atoms with van der Waals surface area (Å²) in [5.41, 5.74) is 7.73. The topological polar surface area (TPSA) is 76.4 Å². The Kier molecular flexibility index (Phi) is 5.63. The molecular weight excluding hydrogens is 242 g/mol. The Bertz CT molecular complexity index is 433. The Labute approximate surface area is 114 Å². The lowest BCUT2D eigenvalue weighted by molar-refractivity contribution is 0.0963. The van der Waals surface area contributed by atoms with E-state index in [9.17, 15) is 4.79 Å². The third-order valence-electron chi connectivity index (χ3n) is 3.01. The highest BCUT2D eigenvalue weighted by Crippen LogP contribution is 2.22. The van der Waals surface area contributed by atoms with Crippen LogP contribution in [0.25, 0.3) is 0 Å². The minimum Gasteiger partial charge on any atom is -0.399 e. The second-order valence-corrected chi connectivity index (χ2v) is 4.83. The van der Waals surface area contributed by atoms with Gasteiger partial charge in [0.25, 0.3) is 5.91 Å². The maximum Gasteiger partial charge on any atom is 0.253 e. The number of amides is 1. The monoisotopic (exact) mass is 265 g/mol. The van der Waals surface area contributed by atoms with Gasteiger partial charge in [-0.3, -0.25) is 4.79 Å². The summed E-state index contributed by atoms with van der Waals surface area (Å²) in [6.07, 6.45) is 0. The van der Waals surface area contributed by atoms with Gasteiger partial charge in [-0.25, -0.2) is 0 Å². The normalized spacial score (nSPS) is 12.3. The smallest absolute Gasteiger partial charge is 0.253 e. The van der Waals surface area contributed by atoms with Gasteiger partial charge in [-0.15, -0.1) is 0 Å². The molecule has 0 heterocycles. The van der Waals surface area contributed by atoms with Crippen molar-refractivity contribution in [2.45, 2.75) is 19.9 Å². The number of ether oxygens (including phenoxy) is 1. The minimum atomic E-state index is -0.137. The van der Waals surface area contributed by atoms with Crippen LogP contribution < -0.4 is 16.4 Å². The van der Waals surface area contributed by atoms with E-state index in [0.717, 1.165) is 5.69 Å². The average Bonchev–Trinajstić information content (AvgIpc) is 2.37. The van der Waals surface area contributed by atoms with E-state index in [4.69, 9.17) is 10.5 Å². The molecule has 5 nitrogen and oxygen atoms in total. The van der Waals surface area contributed by atoms with E-state index in [1.807, 2.05) is 0 Å². The zero-order valence-electron chi connectivity index (χ0n) is 12.0. The molecule has 0 spiro atoms. The molecule has 1 amide bonds. The van der Waals surface area contributed by atoms with Gasteiger partial charge in [0.05, 0.1) is 18.2 Å². The van der Waals surface area contributed by atoms with E-state index < -0.39 is 0 Å². The summed E-state index contributed by atoms with van der Waals surface area (Å²) in [7, 11) is 3.27. The van der Waals surface area contributed by atoms with Gasteiger partial charge in [0, 0.05) is 25.5 Å². The zero-order valence-corrected chi connectivity index (χ0v) is 12.0. The SMILES string of the molecule is CNC(=O)c1ccc(N)cc1NC(COC)C(C)C. The fourth-order valence-electron chi connectivity index (χ4n) is 1.79. The highest BCUT2D eigenvalue weighted by molar-refractivity contribution is 6.00. The Morgan fingerprint density at radius 2 is 2.11 bits per heavy atom. The molecule has 0 radical (unpaired) electrons. The van der Waals surface area contributed by atoms with Crippen molar-refractivity contribution in [3.8, 4) is 0 Å². The lowest BCUT2D eigenvalue weighted by Crippen LogP contribution is -2.32. The number of benzene rings is 1. The van der Waals surface area contributed by atoms with Gasteiger partial charge < -0.3 is 21.1 Å². The first-order valence-corrected chi connectivity index (χ1v) is 6.36. The summed E-state index contributed by atoms with van der Waals surface area (Å²) in [4.78, 5) is 11.8. The van der Waals surface area contributed by atoms with Crippen LogP contribution in [0.15, 0.2) is 18.2 Å². The van der Waals surface area contributed by atoms with Crippen molar-refractivity contribution >= 4 is 17.3 Å². The molecule has 1 aromatic rings. The Balaban J connectivity index is 3.03.